The maximum Gasteiger partial charge on any atom is 0.345 e. The van der Waals surface area contributed by atoms with Gasteiger partial charge >= 0.3 is 11.9 Å². The van der Waals surface area contributed by atoms with E-state index in [0.29, 0.717) is 12.8 Å². The zero-order valence-electron chi connectivity index (χ0n) is 16.2. The molecule has 0 amide bonds. The van der Waals surface area contributed by atoms with E-state index in [-0.39, 0.29) is 12.8 Å². The fourth-order valence-electron chi connectivity index (χ4n) is 1.47. The van der Waals surface area contributed by atoms with E-state index >= 15 is 0 Å². The lowest BCUT2D eigenvalue weighted by atomic mass is 10.1. The van der Waals surface area contributed by atoms with Crippen molar-refractivity contribution in [1.29, 1.82) is 0 Å². The summed E-state index contributed by atoms with van der Waals surface area (Å²) in [4.78, 5) is 41.4. The smallest absolute Gasteiger partial charge is 0.269 e. The molecule has 8 heteroatoms. The molecule has 0 fully saturated rings. The second-order valence-electron chi connectivity index (χ2n) is 7.71. The summed E-state index contributed by atoms with van der Waals surface area (Å²) in [5, 5.41) is 8.82. The number of hydrogen-bond donors (Lipinski definition) is 0. The molecule has 0 aliphatic heterocycles. The third kappa shape index (κ3) is 19.0. The third-order valence-corrected chi connectivity index (χ3v) is 2.58. The first-order valence-corrected chi connectivity index (χ1v) is 8.60. The minimum Gasteiger partial charge on any atom is -0.269 e. The first-order valence-electron chi connectivity index (χ1n) is 8.60. The lowest BCUT2D eigenvalue weighted by molar-refractivity contribution is -0.514. The topological polar surface area (TPSA) is 89.5 Å². The lowest BCUT2D eigenvalue weighted by Crippen LogP contribution is -2.20. The van der Waals surface area contributed by atoms with Crippen molar-refractivity contribution in [3.63, 3.8) is 0 Å². The molecule has 0 heterocycles. The van der Waals surface area contributed by atoms with Gasteiger partial charge in [0.05, 0.1) is 11.2 Å². The summed E-state index contributed by atoms with van der Waals surface area (Å²) < 4.78 is 0. The normalized spacial score (nSPS) is 12.1. The Balaban J connectivity index is 3.43. The van der Waals surface area contributed by atoms with Crippen LogP contribution in [0.25, 0.3) is 0 Å². The van der Waals surface area contributed by atoms with Crippen molar-refractivity contribution in [1.82, 2.24) is 0 Å². The van der Waals surface area contributed by atoms with E-state index < -0.39 is 23.1 Å². The molecule has 0 bridgehead atoms. The van der Waals surface area contributed by atoms with Crippen LogP contribution in [0.5, 0.6) is 0 Å². The Hall–Kier alpha value is -1.22. The third-order valence-electron chi connectivity index (χ3n) is 2.58. The van der Waals surface area contributed by atoms with Crippen LogP contribution in [0.1, 0.15) is 86.5 Å². The predicted octanol–water partition coefficient (Wildman–Crippen LogP) is 4.13. The van der Waals surface area contributed by atoms with Crippen molar-refractivity contribution >= 4 is 11.9 Å². The zero-order valence-corrected chi connectivity index (χ0v) is 16.2. The van der Waals surface area contributed by atoms with Crippen LogP contribution in [0.4, 0.5) is 0 Å². The van der Waals surface area contributed by atoms with Crippen LogP contribution in [-0.2, 0) is 39.2 Å². The molecule has 0 aromatic heterocycles. The Labute approximate surface area is 149 Å². The van der Waals surface area contributed by atoms with Crippen LogP contribution in [-0.4, -0.2) is 23.1 Å². The molecule has 0 aliphatic rings. The Morgan fingerprint density at radius 1 is 0.600 bits per heavy atom. The van der Waals surface area contributed by atoms with Crippen molar-refractivity contribution in [2.75, 3.05) is 0 Å². The molecular weight excluding hydrogens is 332 g/mol. The van der Waals surface area contributed by atoms with E-state index in [0.717, 1.165) is 19.3 Å². The van der Waals surface area contributed by atoms with E-state index in [4.69, 9.17) is 9.78 Å². The molecule has 25 heavy (non-hydrogen) atoms. The molecule has 0 unspecified atom stereocenters. The predicted molar refractivity (Wildman–Crippen MR) is 88.3 cm³/mol. The Kier molecular flexibility index (Phi) is 11.6. The fourth-order valence-corrected chi connectivity index (χ4v) is 1.47. The fraction of sp³-hybridized carbons (Fsp3) is 0.882. The summed E-state index contributed by atoms with van der Waals surface area (Å²) >= 11 is 0. The van der Waals surface area contributed by atoms with Gasteiger partial charge in [0.1, 0.15) is 0 Å². The second-order valence-corrected chi connectivity index (χ2v) is 7.71. The molecule has 0 rings (SSSR count). The van der Waals surface area contributed by atoms with Crippen molar-refractivity contribution in [2.45, 2.75) is 97.7 Å². The summed E-state index contributed by atoms with van der Waals surface area (Å²) in [6, 6.07) is 0. The van der Waals surface area contributed by atoms with Gasteiger partial charge in [-0.2, -0.15) is 9.78 Å². The van der Waals surface area contributed by atoms with Gasteiger partial charge in [-0.3, -0.25) is 9.78 Å². The van der Waals surface area contributed by atoms with Gasteiger partial charge in [0.15, 0.2) is 0 Å². The van der Waals surface area contributed by atoms with Gasteiger partial charge in [0, 0.05) is 12.8 Å². The van der Waals surface area contributed by atoms with Gasteiger partial charge in [0.25, 0.3) is 0 Å². The molecule has 0 saturated carbocycles. The van der Waals surface area contributed by atoms with Crippen LogP contribution in [0.2, 0.25) is 0 Å². The summed E-state index contributed by atoms with van der Waals surface area (Å²) in [5.41, 5.74) is -1.07. The Morgan fingerprint density at radius 3 is 1.24 bits per heavy atom. The Morgan fingerprint density at radius 2 is 0.920 bits per heavy atom. The number of rotatable bonds is 12. The van der Waals surface area contributed by atoms with Crippen molar-refractivity contribution < 1.29 is 39.2 Å². The SMILES string of the molecule is CC(C)(C)OOOC(=O)CCCCCCCC(=O)OOOC(C)(C)C. The van der Waals surface area contributed by atoms with Crippen LogP contribution in [0, 0.1) is 0 Å². The van der Waals surface area contributed by atoms with Gasteiger partial charge in [-0.1, -0.05) is 19.3 Å². The zero-order chi connectivity index (χ0) is 19.3. The highest BCUT2D eigenvalue weighted by atomic mass is 17.5. The van der Waals surface area contributed by atoms with Crippen molar-refractivity contribution in [3.05, 3.63) is 0 Å². The van der Waals surface area contributed by atoms with Crippen molar-refractivity contribution in [3.8, 4) is 0 Å². The first-order chi connectivity index (χ1) is 11.5. The maximum absolute atomic E-state index is 11.4. The van der Waals surface area contributed by atoms with E-state index in [1.165, 1.54) is 0 Å². The van der Waals surface area contributed by atoms with E-state index in [1.54, 1.807) is 41.5 Å². The molecule has 8 nitrogen and oxygen atoms in total. The largest absolute Gasteiger partial charge is 0.345 e. The van der Waals surface area contributed by atoms with E-state index in [9.17, 15) is 9.59 Å². The highest BCUT2D eigenvalue weighted by Crippen LogP contribution is 2.11. The number of unbranched alkanes of at least 4 members (excludes halogenated alkanes) is 4. The van der Waals surface area contributed by atoms with Crippen LogP contribution in [0.3, 0.4) is 0 Å². The molecule has 0 N–H and O–H groups in total. The van der Waals surface area contributed by atoms with Gasteiger partial charge in [-0.15, -0.1) is 0 Å². The summed E-state index contributed by atoms with van der Waals surface area (Å²) in [5.74, 6) is -0.937. The number of hydrogen-bond acceptors (Lipinski definition) is 8. The molecular formula is C17H32O8. The van der Waals surface area contributed by atoms with E-state index in [1.807, 2.05) is 0 Å². The quantitative estimate of drug-likeness (QED) is 0.290. The Bertz CT molecular complexity index is 345. The lowest BCUT2D eigenvalue weighted by Gasteiger charge is -2.15. The summed E-state index contributed by atoms with van der Waals surface area (Å²) in [6.45, 7) is 10.7. The van der Waals surface area contributed by atoms with Crippen LogP contribution >= 0.6 is 0 Å². The molecule has 0 saturated heterocycles. The first kappa shape index (κ1) is 23.8. The number of carbonyl (C=O) groups excluding carboxylic acids is 2. The minimum atomic E-state index is -0.536. The minimum absolute atomic E-state index is 0.257. The molecule has 148 valence electrons. The molecule has 0 aromatic rings. The van der Waals surface area contributed by atoms with E-state index in [2.05, 4.69) is 19.9 Å². The number of carbonyl (C=O) groups is 2. The summed E-state index contributed by atoms with van der Waals surface area (Å²) in [7, 11) is 0. The molecule has 0 radical (unpaired) electrons. The van der Waals surface area contributed by atoms with Gasteiger partial charge in [-0.05, 0) is 64.5 Å². The van der Waals surface area contributed by atoms with Gasteiger partial charge in [-0.25, -0.2) is 9.59 Å². The standard InChI is InChI=1S/C17H32O8/c1-16(2,3)22-24-20-14(18)12-10-8-7-9-11-13-15(19)21-25-23-17(4,5)6/h7-13H2,1-6H3. The molecule has 0 atom stereocenters. The van der Waals surface area contributed by atoms with Crippen LogP contribution in [0.15, 0.2) is 0 Å². The maximum atomic E-state index is 11.4. The van der Waals surface area contributed by atoms with Crippen molar-refractivity contribution in [2.24, 2.45) is 0 Å². The van der Waals surface area contributed by atoms with Gasteiger partial charge < -0.3 is 0 Å². The average molecular weight is 364 g/mol. The molecule has 0 aliphatic carbocycles. The highest BCUT2D eigenvalue weighted by Gasteiger charge is 2.15. The second kappa shape index (κ2) is 12.2. The van der Waals surface area contributed by atoms with Crippen LogP contribution < -0.4 is 0 Å². The highest BCUT2D eigenvalue weighted by molar-refractivity contribution is 5.68. The monoisotopic (exact) mass is 364 g/mol. The summed E-state index contributed by atoms with van der Waals surface area (Å²) in [6.07, 6.45) is 4.50. The molecule has 0 aromatic carbocycles. The average Bonchev–Trinajstić information content (AvgIpc) is 2.43. The molecule has 0 spiro atoms. The van der Waals surface area contributed by atoms with Gasteiger partial charge in [0.2, 0.25) is 0 Å².